The highest BCUT2D eigenvalue weighted by Gasteiger charge is 2.32. The van der Waals surface area contributed by atoms with E-state index < -0.39 is 5.97 Å². The fourth-order valence-corrected chi connectivity index (χ4v) is 5.37. The highest BCUT2D eigenvalue weighted by Crippen LogP contribution is 2.40. The summed E-state index contributed by atoms with van der Waals surface area (Å²) < 4.78 is 6.82. The molecule has 1 aliphatic heterocycles. The second-order valence-electron chi connectivity index (χ2n) is 7.82. The van der Waals surface area contributed by atoms with Crippen molar-refractivity contribution in [2.45, 2.75) is 25.3 Å². The van der Waals surface area contributed by atoms with Crippen LogP contribution in [0.2, 0.25) is 0 Å². The third-order valence-electron chi connectivity index (χ3n) is 5.84. The summed E-state index contributed by atoms with van der Waals surface area (Å²) in [5.74, 6) is -0.542. The normalized spacial score (nSPS) is 19.3. The maximum atomic E-state index is 13.3. The lowest BCUT2D eigenvalue weighted by atomic mass is 9.84. The number of aromatic nitrogens is 1. The van der Waals surface area contributed by atoms with Crippen molar-refractivity contribution in [1.29, 1.82) is 0 Å². The minimum absolute atomic E-state index is 0.210. The fraction of sp³-hybridized carbons (Fsp3) is 0.192. The molecule has 0 N–H and O–H groups in total. The van der Waals surface area contributed by atoms with Crippen molar-refractivity contribution >= 4 is 29.5 Å². The number of hydrogen-bond donors (Lipinski definition) is 0. The summed E-state index contributed by atoms with van der Waals surface area (Å²) in [6.07, 6.45) is 6.28. The molecule has 0 amide bonds. The number of methoxy groups -OCH3 is 1. The predicted molar refractivity (Wildman–Crippen MR) is 126 cm³/mol. The summed E-state index contributed by atoms with van der Waals surface area (Å²) in [6.45, 7) is 0. The second kappa shape index (κ2) is 8.55. The maximum absolute atomic E-state index is 13.3. The van der Waals surface area contributed by atoms with Gasteiger partial charge in [0.2, 0.25) is 0 Å². The SMILES string of the molecule is COC(=O)/C=c1\sc2n(c1=O)[C@H](c1ccccc1)C1=C(N=2)/C(=C/c2ccccc2)CCC1. The lowest BCUT2D eigenvalue weighted by Crippen LogP contribution is -2.39. The smallest absolute Gasteiger partial charge is 0.332 e. The zero-order valence-corrected chi connectivity index (χ0v) is 18.5. The van der Waals surface area contributed by atoms with Gasteiger partial charge in [-0.15, -0.1) is 0 Å². The summed E-state index contributed by atoms with van der Waals surface area (Å²) in [4.78, 5) is 30.7. The van der Waals surface area contributed by atoms with Crippen molar-refractivity contribution in [2.75, 3.05) is 7.11 Å². The van der Waals surface area contributed by atoms with E-state index in [-0.39, 0.29) is 11.6 Å². The van der Waals surface area contributed by atoms with E-state index in [1.807, 2.05) is 48.5 Å². The highest BCUT2D eigenvalue weighted by molar-refractivity contribution is 7.07. The van der Waals surface area contributed by atoms with Gasteiger partial charge in [-0.05, 0) is 47.6 Å². The Morgan fingerprint density at radius 1 is 1.09 bits per heavy atom. The van der Waals surface area contributed by atoms with Crippen molar-refractivity contribution in [2.24, 2.45) is 4.99 Å². The summed E-state index contributed by atoms with van der Waals surface area (Å²) in [5, 5.41) is 0. The Bertz CT molecular complexity index is 1410. The van der Waals surface area contributed by atoms with E-state index in [0.29, 0.717) is 9.33 Å². The first-order valence-electron chi connectivity index (χ1n) is 10.6. The average Bonchev–Trinajstić information content (AvgIpc) is 3.13. The number of esters is 1. The van der Waals surface area contributed by atoms with Gasteiger partial charge in [0.25, 0.3) is 5.56 Å². The lowest BCUT2D eigenvalue weighted by Gasteiger charge is -2.31. The standard InChI is InChI=1S/C26H22N2O3S/c1-31-22(29)16-21-25(30)28-24(18-11-6-3-7-12-18)20-14-8-13-19(23(20)27-26(28)32-21)15-17-9-4-2-5-10-17/h2-7,9-12,15-16,24H,8,13-14H2,1H3/b19-15+,21-16-/t24-/m1/s1. The van der Waals surface area contributed by atoms with E-state index in [1.54, 1.807) is 4.57 Å². The molecule has 0 saturated carbocycles. The third-order valence-corrected chi connectivity index (χ3v) is 6.82. The topological polar surface area (TPSA) is 60.7 Å². The number of carbonyl (C=O) groups is 1. The molecule has 1 atom stereocenters. The fourth-order valence-electron chi connectivity index (χ4n) is 4.41. The number of carbonyl (C=O) groups excluding carboxylic acids is 1. The number of ether oxygens (including phenoxy) is 1. The Labute approximate surface area is 189 Å². The van der Waals surface area contributed by atoms with Crippen LogP contribution >= 0.6 is 11.3 Å². The first-order valence-corrected chi connectivity index (χ1v) is 11.4. The van der Waals surface area contributed by atoms with Gasteiger partial charge in [0.05, 0.1) is 18.8 Å². The Morgan fingerprint density at radius 2 is 1.81 bits per heavy atom. The van der Waals surface area contributed by atoms with Crippen LogP contribution in [0.1, 0.15) is 36.4 Å². The van der Waals surface area contributed by atoms with Crippen LogP contribution in [-0.2, 0) is 9.53 Å². The van der Waals surface area contributed by atoms with Gasteiger partial charge in [-0.3, -0.25) is 9.36 Å². The summed E-state index contributed by atoms with van der Waals surface area (Å²) >= 11 is 1.23. The van der Waals surface area contributed by atoms with Gasteiger partial charge in [-0.1, -0.05) is 72.0 Å². The molecule has 6 heteroatoms. The zero-order valence-electron chi connectivity index (χ0n) is 17.7. The van der Waals surface area contributed by atoms with Gasteiger partial charge in [-0.2, -0.15) is 0 Å². The van der Waals surface area contributed by atoms with Crippen LogP contribution in [0, 0.1) is 0 Å². The Morgan fingerprint density at radius 3 is 2.53 bits per heavy atom. The summed E-state index contributed by atoms with van der Waals surface area (Å²) in [5.41, 5.74) is 5.28. The number of fused-ring (bicyclic) bond motifs is 1. The van der Waals surface area contributed by atoms with Gasteiger partial charge >= 0.3 is 5.97 Å². The second-order valence-corrected chi connectivity index (χ2v) is 8.83. The van der Waals surface area contributed by atoms with E-state index in [4.69, 9.17) is 9.73 Å². The molecule has 2 heterocycles. The van der Waals surface area contributed by atoms with E-state index in [2.05, 4.69) is 18.2 Å². The quantitative estimate of drug-likeness (QED) is 0.583. The zero-order chi connectivity index (χ0) is 22.1. The molecule has 160 valence electrons. The molecule has 0 bridgehead atoms. The van der Waals surface area contributed by atoms with Gasteiger partial charge < -0.3 is 4.74 Å². The molecule has 2 aromatic carbocycles. The van der Waals surface area contributed by atoms with Crippen LogP contribution in [0.4, 0.5) is 0 Å². The predicted octanol–water partition coefficient (Wildman–Crippen LogP) is 3.61. The van der Waals surface area contributed by atoms with Crippen LogP contribution in [0.3, 0.4) is 0 Å². The molecule has 5 nitrogen and oxygen atoms in total. The van der Waals surface area contributed by atoms with Crippen LogP contribution in [0.5, 0.6) is 0 Å². The first kappa shape index (κ1) is 20.4. The largest absolute Gasteiger partial charge is 0.466 e. The number of benzene rings is 2. The van der Waals surface area contributed by atoms with Crippen LogP contribution in [-0.4, -0.2) is 17.6 Å². The van der Waals surface area contributed by atoms with Crippen molar-refractivity contribution < 1.29 is 9.53 Å². The van der Waals surface area contributed by atoms with Crippen molar-refractivity contribution in [1.82, 2.24) is 4.57 Å². The molecule has 0 unspecified atom stereocenters. The number of nitrogens with zero attached hydrogens (tertiary/aromatic N) is 2. The molecule has 0 radical (unpaired) electrons. The molecule has 1 aromatic heterocycles. The molecule has 0 fully saturated rings. The van der Waals surface area contributed by atoms with Crippen LogP contribution in [0.25, 0.3) is 12.2 Å². The van der Waals surface area contributed by atoms with Gasteiger partial charge in [0.15, 0.2) is 4.80 Å². The van der Waals surface area contributed by atoms with E-state index in [1.165, 1.54) is 30.1 Å². The summed E-state index contributed by atoms with van der Waals surface area (Å²) in [6, 6.07) is 20.1. The average molecular weight is 443 g/mol. The van der Waals surface area contributed by atoms with Gasteiger partial charge in [-0.25, -0.2) is 9.79 Å². The number of thiazole rings is 1. The molecule has 1 aliphatic carbocycles. The summed E-state index contributed by atoms with van der Waals surface area (Å²) in [7, 11) is 1.31. The lowest BCUT2D eigenvalue weighted by molar-refractivity contribution is -0.133. The van der Waals surface area contributed by atoms with E-state index >= 15 is 0 Å². The van der Waals surface area contributed by atoms with Crippen molar-refractivity contribution in [3.8, 4) is 0 Å². The number of allylic oxidation sites excluding steroid dienone is 2. The van der Waals surface area contributed by atoms with Crippen LogP contribution in [0.15, 0.2) is 87.3 Å². The minimum Gasteiger partial charge on any atom is -0.466 e. The molecule has 0 saturated heterocycles. The van der Waals surface area contributed by atoms with E-state index in [0.717, 1.165) is 41.7 Å². The minimum atomic E-state index is -0.542. The third kappa shape index (κ3) is 3.67. The molecular formula is C26H22N2O3S. The molecule has 5 rings (SSSR count). The monoisotopic (exact) mass is 442 g/mol. The number of hydrogen-bond acceptors (Lipinski definition) is 5. The van der Waals surface area contributed by atoms with Gasteiger partial charge in [0.1, 0.15) is 4.53 Å². The number of rotatable bonds is 3. The Hall–Kier alpha value is -3.51. The molecule has 0 spiro atoms. The molecule has 3 aromatic rings. The van der Waals surface area contributed by atoms with E-state index in [9.17, 15) is 9.59 Å². The van der Waals surface area contributed by atoms with Gasteiger partial charge in [0, 0.05) is 6.08 Å². The molecule has 32 heavy (non-hydrogen) atoms. The van der Waals surface area contributed by atoms with Crippen LogP contribution < -0.4 is 14.9 Å². The first-order chi connectivity index (χ1) is 15.7. The maximum Gasteiger partial charge on any atom is 0.332 e. The molecule has 2 aliphatic rings. The van der Waals surface area contributed by atoms with Crippen molar-refractivity contribution in [3.63, 3.8) is 0 Å². The van der Waals surface area contributed by atoms with Crippen molar-refractivity contribution in [3.05, 3.63) is 108 Å². The Balaban J connectivity index is 1.77. The Kier molecular flexibility index (Phi) is 5.45. The highest BCUT2D eigenvalue weighted by atomic mass is 32.1. The molecular weight excluding hydrogens is 420 g/mol.